The van der Waals surface area contributed by atoms with Crippen molar-refractivity contribution in [2.45, 2.75) is 52.4 Å². The van der Waals surface area contributed by atoms with Gasteiger partial charge in [-0.1, -0.05) is 19.3 Å². The summed E-state index contributed by atoms with van der Waals surface area (Å²) in [4.78, 5) is 56.7. The fraction of sp³-hybridized carbons (Fsp3) is 0.526. The van der Waals surface area contributed by atoms with Gasteiger partial charge in [-0.2, -0.15) is 0 Å². The van der Waals surface area contributed by atoms with Crippen LogP contribution in [-0.4, -0.2) is 34.2 Å². The Hall–Kier alpha value is -2.75. The van der Waals surface area contributed by atoms with E-state index in [0.717, 1.165) is 42.5 Å². The van der Waals surface area contributed by atoms with E-state index in [4.69, 9.17) is 0 Å². The summed E-state index contributed by atoms with van der Waals surface area (Å²) in [6.45, 7) is 3.57. The zero-order valence-electron chi connectivity index (χ0n) is 16.5. The Morgan fingerprint density at radius 1 is 1.10 bits per heavy atom. The van der Waals surface area contributed by atoms with Gasteiger partial charge in [-0.3, -0.25) is 30.0 Å². The molecule has 1 saturated carbocycles. The molecule has 3 amide bonds. The van der Waals surface area contributed by atoms with E-state index in [0.29, 0.717) is 10.2 Å². The second-order valence-electron chi connectivity index (χ2n) is 7.30. The van der Waals surface area contributed by atoms with Gasteiger partial charge in [0.1, 0.15) is 10.7 Å². The van der Waals surface area contributed by atoms with E-state index in [1.165, 1.54) is 11.3 Å². The van der Waals surface area contributed by atoms with Gasteiger partial charge in [0.2, 0.25) is 11.8 Å². The lowest BCUT2D eigenvalue weighted by molar-refractivity contribution is -0.131. The van der Waals surface area contributed by atoms with Gasteiger partial charge in [-0.25, -0.2) is 4.98 Å². The molecule has 1 aliphatic carbocycles. The van der Waals surface area contributed by atoms with E-state index in [2.05, 4.69) is 26.1 Å². The molecule has 2 heterocycles. The van der Waals surface area contributed by atoms with Crippen LogP contribution < -0.4 is 21.7 Å². The molecule has 2 aromatic rings. The normalized spacial score (nSPS) is 14.6. The lowest BCUT2D eigenvalue weighted by Crippen LogP contribution is -2.47. The van der Waals surface area contributed by atoms with Crippen LogP contribution in [0.2, 0.25) is 0 Å². The van der Waals surface area contributed by atoms with Crippen LogP contribution in [0.3, 0.4) is 0 Å². The molecule has 0 atom stereocenters. The molecule has 0 bridgehead atoms. The summed E-state index contributed by atoms with van der Waals surface area (Å²) in [5, 5.41) is 3.14. The molecule has 1 aliphatic rings. The fourth-order valence-corrected chi connectivity index (χ4v) is 4.49. The summed E-state index contributed by atoms with van der Waals surface area (Å²) in [5.41, 5.74) is 5.13. The minimum absolute atomic E-state index is 0.0338. The zero-order chi connectivity index (χ0) is 21.0. The van der Waals surface area contributed by atoms with E-state index in [1.54, 1.807) is 0 Å². The first-order valence-corrected chi connectivity index (χ1v) is 10.5. The molecule has 0 saturated heterocycles. The number of nitrogens with one attached hydrogen (secondary N) is 4. The Labute approximate surface area is 171 Å². The average Bonchev–Trinajstić information content (AvgIpc) is 2.99. The van der Waals surface area contributed by atoms with E-state index < -0.39 is 11.8 Å². The number of thiophene rings is 1. The maximum atomic E-state index is 12.2. The van der Waals surface area contributed by atoms with Crippen LogP contribution >= 0.6 is 11.3 Å². The molecule has 156 valence electrons. The third kappa shape index (κ3) is 5.20. The van der Waals surface area contributed by atoms with Crippen LogP contribution in [0.25, 0.3) is 10.2 Å². The Kier molecular flexibility index (Phi) is 6.63. The highest BCUT2D eigenvalue weighted by Gasteiger charge is 2.21. The van der Waals surface area contributed by atoms with Crippen molar-refractivity contribution in [2.75, 3.05) is 6.54 Å². The van der Waals surface area contributed by atoms with Gasteiger partial charge in [0.15, 0.2) is 0 Å². The number of aryl methyl sites for hydroxylation is 2. The second kappa shape index (κ2) is 9.17. The molecule has 0 aliphatic heterocycles. The number of aromatic amines is 1. The van der Waals surface area contributed by atoms with Crippen LogP contribution in [-0.2, 0) is 20.8 Å². The summed E-state index contributed by atoms with van der Waals surface area (Å²) >= 11 is 1.40. The zero-order valence-corrected chi connectivity index (χ0v) is 17.3. The SMILES string of the molecule is Cc1sc2nc(CC(=O)NNC(=O)CNC(=O)C3CCCCC3)[nH]c(=O)c2c1C. The first-order valence-electron chi connectivity index (χ1n) is 9.69. The van der Waals surface area contributed by atoms with Crippen LogP contribution in [0.15, 0.2) is 4.79 Å². The number of aromatic nitrogens is 2. The number of nitrogens with zero attached hydrogens (tertiary/aromatic N) is 1. The Morgan fingerprint density at radius 2 is 1.79 bits per heavy atom. The van der Waals surface area contributed by atoms with Gasteiger partial charge >= 0.3 is 0 Å². The summed E-state index contributed by atoms with van der Waals surface area (Å²) < 4.78 is 0. The topological polar surface area (TPSA) is 133 Å². The fourth-order valence-electron chi connectivity index (χ4n) is 3.44. The van der Waals surface area contributed by atoms with Crippen molar-refractivity contribution in [3.63, 3.8) is 0 Å². The number of carbonyl (C=O) groups excluding carboxylic acids is 3. The standard InChI is InChI=1S/C19H25N5O4S/c1-10-11(2)29-19-16(10)18(28)21-13(22-19)8-14(25)23-24-15(26)9-20-17(27)12-6-4-3-5-7-12/h12H,3-9H2,1-2H3,(H,20,27)(H,23,25)(H,24,26)(H,21,22,28). The van der Waals surface area contributed by atoms with Gasteiger partial charge in [-0.15, -0.1) is 11.3 Å². The van der Waals surface area contributed by atoms with Gasteiger partial charge < -0.3 is 10.3 Å². The average molecular weight is 420 g/mol. The molecule has 1 fully saturated rings. The van der Waals surface area contributed by atoms with Gasteiger partial charge in [-0.05, 0) is 32.3 Å². The predicted molar refractivity (Wildman–Crippen MR) is 109 cm³/mol. The van der Waals surface area contributed by atoms with Crippen LogP contribution in [0.4, 0.5) is 0 Å². The molecule has 0 radical (unpaired) electrons. The molecule has 3 rings (SSSR count). The van der Waals surface area contributed by atoms with E-state index >= 15 is 0 Å². The Morgan fingerprint density at radius 3 is 2.52 bits per heavy atom. The molecular weight excluding hydrogens is 394 g/mol. The molecule has 0 aromatic carbocycles. The molecule has 9 nitrogen and oxygen atoms in total. The quantitative estimate of drug-likeness (QED) is 0.537. The van der Waals surface area contributed by atoms with Crippen molar-refractivity contribution in [3.05, 3.63) is 26.6 Å². The number of H-pyrrole nitrogens is 1. The number of amides is 3. The monoisotopic (exact) mass is 419 g/mol. The third-order valence-electron chi connectivity index (χ3n) is 5.16. The van der Waals surface area contributed by atoms with Crippen molar-refractivity contribution >= 4 is 39.3 Å². The maximum Gasteiger partial charge on any atom is 0.259 e. The molecule has 4 N–H and O–H groups in total. The lowest BCUT2D eigenvalue weighted by Gasteiger charge is -2.20. The molecule has 2 aromatic heterocycles. The summed E-state index contributed by atoms with van der Waals surface area (Å²) in [7, 11) is 0. The molecular formula is C19H25N5O4S. The van der Waals surface area contributed by atoms with Crippen LogP contribution in [0.5, 0.6) is 0 Å². The summed E-state index contributed by atoms with van der Waals surface area (Å²) in [6, 6.07) is 0. The highest BCUT2D eigenvalue weighted by Crippen LogP contribution is 2.25. The van der Waals surface area contributed by atoms with Crippen LogP contribution in [0, 0.1) is 19.8 Å². The van der Waals surface area contributed by atoms with Gasteiger partial charge in [0, 0.05) is 10.8 Å². The number of hydrogen-bond donors (Lipinski definition) is 4. The minimum atomic E-state index is -0.524. The smallest absolute Gasteiger partial charge is 0.259 e. The van der Waals surface area contributed by atoms with Gasteiger partial charge in [0.25, 0.3) is 11.5 Å². The molecule has 0 unspecified atom stereocenters. The number of fused-ring (bicyclic) bond motifs is 1. The van der Waals surface area contributed by atoms with Crippen molar-refractivity contribution < 1.29 is 14.4 Å². The lowest BCUT2D eigenvalue weighted by atomic mass is 9.89. The highest BCUT2D eigenvalue weighted by molar-refractivity contribution is 7.18. The molecule has 10 heteroatoms. The third-order valence-corrected chi connectivity index (χ3v) is 6.26. The van der Waals surface area contributed by atoms with Crippen molar-refractivity contribution in [3.8, 4) is 0 Å². The second-order valence-corrected chi connectivity index (χ2v) is 8.51. The predicted octanol–water partition coefficient (Wildman–Crippen LogP) is 0.988. The molecule has 0 spiro atoms. The van der Waals surface area contributed by atoms with Crippen molar-refractivity contribution in [2.24, 2.45) is 5.92 Å². The van der Waals surface area contributed by atoms with Crippen molar-refractivity contribution in [1.82, 2.24) is 26.1 Å². The molecule has 29 heavy (non-hydrogen) atoms. The van der Waals surface area contributed by atoms with Gasteiger partial charge in [0.05, 0.1) is 18.4 Å². The minimum Gasteiger partial charge on any atom is -0.347 e. The van der Waals surface area contributed by atoms with E-state index in [-0.39, 0.29) is 36.2 Å². The number of hydrogen-bond acceptors (Lipinski definition) is 6. The Bertz CT molecular complexity index is 990. The highest BCUT2D eigenvalue weighted by atomic mass is 32.1. The Balaban J connectivity index is 1.47. The number of hydrazine groups is 1. The first kappa shape index (κ1) is 21.0. The summed E-state index contributed by atoms with van der Waals surface area (Å²) in [5.74, 6) is -0.981. The maximum absolute atomic E-state index is 12.2. The van der Waals surface area contributed by atoms with E-state index in [9.17, 15) is 19.2 Å². The van der Waals surface area contributed by atoms with Crippen LogP contribution in [0.1, 0.15) is 48.4 Å². The van der Waals surface area contributed by atoms with Crippen molar-refractivity contribution in [1.29, 1.82) is 0 Å². The largest absolute Gasteiger partial charge is 0.347 e. The van der Waals surface area contributed by atoms with E-state index in [1.807, 2.05) is 13.8 Å². The first-order chi connectivity index (χ1) is 13.8. The summed E-state index contributed by atoms with van der Waals surface area (Å²) in [6.07, 6.45) is 4.73. The number of rotatable bonds is 5. The number of carbonyl (C=O) groups is 3.